The number of hydrogen-bond acceptors (Lipinski definition) is 3. The highest BCUT2D eigenvalue weighted by atomic mass is 127. The maximum Gasteiger partial charge on any atom is 0.191 e. The van der Waals surface area contributed by atoms with Gasteiger partial charge in [0.05, 0.1) is 6.54 Å². The van der Waals surface area contributed by atoms with Gasteiger partial charge in [0.2, 0.25) is 0 Å². The summed E-state index contributed by atoms with van der Waals surface area (Å²) in [6.45, 7) is 6.73. The summed E-state index contributed by atoms with van der Waals surface area (Å²) in [5, 5.41) is 8.93. The molecule has 2 aromatic heterocycles. The molecule has 0 saturated carbocycles. The molecular weight excluding hydrogens is 481 g/mol. The van der Waals surface area contributed by atoms with Gasteiger partial charge in [-0.1, -0.05) is 50.2 Å². The van der Waals surface area contributed by atoms with E-state index in [9.17, 15) is 0 Å². The van der Waals surface area contributed by atoms with E-state index in [2.05, 4.69) is 80.8 Å². The van der Waals surface area contributed by atoms with Gasteiger partial charge in [-0.15, -0.1) is 35.3 Å². The molecule has 0 bridgehead atoms. The lowest BCUT2D eigenvalue weighted by Gasteiger charge is -2.25. The summed E-state index contributed by atoms with van der Waals surface area (Å²) < 4.78 is 2.16. The van der Waals surface area contributed by atoms with Crippen LogP contribution in [0.25, 0.3) is 0 Å². The summed E-state index contributed by atoms with van der Waals surface area (Å²) in [6, 6.07) is 14.7. The van der Waals surface area contributed by atoms with Gasteiger partial charge in [-0.05, 0) is 17.0 Å². The zero-order chi connectivity index (χ0) is 19.1. The first-order chi connectivity index (χ1) is 13.1. The lowest BCUT2D eigenvalue weighted by atomic mass is 9.91. The third-order valence-electron chi connectivity index (χ3n) is 4.52. The highest BCUT2D eigenvalue weighted by Gasteiger charge is 2.22. The molecule has 0 saturated heterocycles. The molecule has 0 amide bonds. The third kappa shape index (κ3) is 6.07. The molecule has 1 aromatic carbocycles. The van der Waals surface area contributed by atoms with Crippen LogP contribution in [0.5, 0.6) is 0 Å². The van der Waals surface area contributed by atoms with Crippen molar-refractivity contribution in [2.75, 3.05) is 13.6 Å². The Bertz CT molecular complexity index is 856. The highest BCUT2D eigenvalue weighted by Crippen LogP contribution is 2.26. The molecule has 7 heteroatoms. The van der Waals surface area contributed by atoms with Crippen LogP contribution in [-0.4, -0.2) is 29.1 Å². The van der Waals surface area contributed by atoms with Gasteiger partial charge in [-0.3, -0.25) is 4.99 Å². The van der Waals surface area contributed by atoms with Gasteiger partial charge in [0.25, 0.3) is 0 Å². The topological polar surface area (TPSA) is 54.2 Å². The van der Waals surface area contributed by atoms with Crippen molar-refractivity contribution < 1.29 is 0 Å². The van der Waals surface area contributed by atoms with Gasteiger partial charge in [0, 0.05) is 42.8 Å². The van der Waals surface area contributed by atoms with Crippen LogP contribution in [0.1, 0.15) is 30.1 Å². The number of guanidine groups is 1. The van der Waals surface area contributed by atoms with Gasteiger partial charge in [-0.25, -0.2) is 4.98 Å². The van der Waals surface area contributed by atoms with Gasteiger partial charge in [0.1, 0.15) is 5.82 Å². The minimum atomic E-state index is 0. The van der Waals surface area contributed by atoms with Crippen LogP contribution in [0.3, 0.4) is 0 Å². The van der Waals surface area contributed by atoms with Crippen LogP contribution < -0.4 is 10.6 Å². The molecule has 150 valence electrons. The monoisotopic (exact) mass is 509 g/mol. The Morgan fingerprint density at radius 3 is 2.61 bits per heavy atom. The zero-order valence-electron chi connectivity index (χ0n) is 16.6. The van der Waals surface area contributed by atoms with Crippen molar-refractivity contribution in [3.05, 3.63) is 76.5 Å². The number of imidazole rings is 1. The van der Waals surface area contributed by atoms with Crippen molar-refractivity contribution >= 4 is 41.3 Å². The van der Waals surface area contributed by atoms with Crippen LogP contribution in [-0.2, 0) is 18.5 Å². The Balaban J connectivity index is 0.00000280. The number of aromatic nitrogens is 2. The van der Waals surface area contributed by atoms with Gasteiger partial charge in [0.15, 0.2) is 5.96 Å². The lowest BCUT2D eigenvalue weighted by molar-refractivity contribution is 0.517. The zero-order valence-corrected chi connectivity index (χ0v) is 19.7. The number of nitrogens with zero attached hydrogens (tertiary/aromatic N) is 3. The van der Waals surface area contributed by atoms with E-state index in [1.165, 1.54) is 10.4 Å². The summed E-state index contributed by atoms with van der Waals surface area (Å²) in [5.41, 5.74) is 1.31. The van der Waals surface area contributed by atoms with E-state index in [1.54, 1.807) is 18.4 Å². The van der Waals surface area contributed by atoms with Crippen LogP contribution in [0.15, 0.2) is 65.2 Å². The average molecular weight is 509 g/mol. The molecule has 0 aliphatic heterocycles. The molecule has 0 fully saturated rings. The SMILES string of the molecule is CN=C(NCc1nccn1Cc1ccccc1)NCC(C)(C)c1cccs1.I. The van der Waals surface area contributed by atoms with Gasteiger partial charge >= 0.3 is 0 Å². The van der Waals surface area contributed by atoms with E-state index in [1.807, 2.05) is 18.5 Å². The molecule has 2 N–H and O–H groups in total. The Kier molecular flexibility index (Phi) is 8.50. The molecular formula is C21H28IN5S. The fourth-order valence-electron chi connectivity index (χ4n) is 2.87. The first-order valence-corrected chi connectivity index (χ1v) is 9.99. The quantitative estimate of drug-likeness (QED) is 0.285. The molecule has 3 aromatic rings. The molecule has 0 aliphatic rings. The first-order valence-electron chi connectivity index (χ1n) is 9.11. The van der Waals surface area contributed by atoms with Crippen molar-refractivity contribution in [3.8, 4) is 0 Å². The van der Waals surface area contributed by atoms with E-state index in [-0.39, 0.29) is 29.4 Å². The second-order valence-electron chi connectivity index (χ2n) is 7.10. The Labute approximate surface area is 188 Å². The molecule has 28 heavy (non-hydrogen) atoms. The molecule has 2 heterocycles. The van der Waals surface area contributed by atoms with E-state index in [4.69, 9.17) is 0 Å². The maximum atomic E-state index is 4.49. The molecule has 0 atom stereocenters. The number of nitrogens with one attached hydrogen (secondary N) is 2. The Hall–Kier alpha value is -1.87. The largest absolute Gasteiger partial charge is 0.356 e. The number of thiophene rings is 1. The second-order valence-corrected chi connectivity index (χ2v) is 8.05. The van der Waals surface area contributed by atoms with Crippen molar-refractivity contribution in [2.45, 2.75) is 32.4 Å². The highest BCUT2D eigenvalue weighted by molar-refractivity contribution is 14.0. The summed E-state index contributed by atoms with van der Waals surface area (Å²) >= 11 is 1.79. The fraction of sp³-hybridized carbons (Fsp3) is 0.333. The molecule has 0 radical (unpaired) electrons. The molecule has 0 spiro atoms. The number of halogens is 1. The van der Waals surface area contributed by atoms with Crippen LogP contribution in [0.4, 0.5) is 0 Å². The normalized spacial score (nSPS) is 11.8. The van der Waals surface area contributed by atoms with Gasteiger partial charge < -0.3 is 15.2 Å². The minimum Gasteiger partial charge on any atom is -0.356 e. The van der Waals surface area contributed by atoms with Gasteiger partial charge in [-0.2, -0.15) is 0 Å². The van der Waals surface area contributed by atoms with E-state index < -0.39 is 0 Å². The molecule has 0 aliphatic carbocycles. The fourth-order valence-corrected chi connectivity index (χ4v) is 3.72. The lowest BCUT2D eigenvalue weighted by Crippen LogP contribution is -2.43. The average Bonchev–Trinajstić information content (AvgIpc) is 3.35. The Morgan fingerprint density at radius 2 is 1.93 bits per heavy atom. The van der Waals surface area contributed by atoms with E-state index in [0.29, 0.717) is 6.54 Å². The minimum absolute atomic E-state index is 0. The molecule has 5 nitrogen and oxygen atoms in total. The Morgan fingerprint density at radius 1 is 1.14 bits per heavy atom. The van der Waals surface area contributed by atoms with E-state index >= 15 is 0 Å². The standard InChI is InChI=1S/C21H27N5S.HI/c1-21(2,18-10-7-13-27-18)16-25-20(22-3)24-14-19-23-11-12-26(19)15-17-8-5-4-6-9-17;/h4-13H,14-16H2,1-3H3,(H2,22,24,25);1H. The smallest absolute Gasteiger partial charge is 0.191 e. The van der Waals surface area contributed by atoms with Crippen LogP contribution in [0.2, 0.25) is 0 Å². The van der Waals surface area contributed by atoms with E-state index in [0.717, 1.165) is 24.9 Å². The van der Waals surface area contributed by atoms with Crippen LogP contribution >= 0.6 is 35.3 Å². The van der Waals surface area contributed by atoms with Crippen molar-refractivity contribution in [1.82, 2.24) is 20.2 Å². The maximum absolute atomic E-state index is 4.49. The van der Waals surface area contributed by atoms with Crippen molar-refractivity contribution in [2.24, 2.45) is 4.99 Å². The number of benzene rings is 1. The predicted octanol–water partition coefficient (Wildman–Crippen LogP) is 4.25. The predicted molar refractivity (Wildman–Crippen MR) is 129 cm³/mol. The number of aliphatic imine (C=N–C) groups is 1. The summed E-state index contributed by atoms with van der Waals surface area (Å²) in [6.07, 6.45) is 3.86. The van der Waals surface area contributed by atoms with Crippen LogP contribution in [0, 0.1) is 0 Å². The summed E-state index contributed by atoms with van der Waals surface area (Å²) in [7, 11) is 1.80. The molecule has 0 unspecified atom stereocenters. The van der Waals surface area contributed by atoms with Crippen molar-refractivity contribution in [3.63, 3.8) is 0 Å². The first kappa shape index (κ1) is 22.4. The third-order valence-corrected chi connectivity index (χ3v) is 5.76. The van der Waals surface area contributed by atoms with Crippen molar-refractivity contribution in [1.29, 1.82) is 0 Å². The summed E-state index contributed by atoms with van der Waals surface area (Å²) in [5.74, 6) is 1.77. The number of rotatable bonds is 7. The summed E-state index contributed by atoms with van der Waals surface area (Å²) in [4.78, 5) is 10.2. The number of hydrogen-bond donors (Lipinski definition) is 2. The second kappa shape index (κ2) is 10.6. The molecule has 3 rings (SSSR count).